The van der Waals surface area contributed by atoms with Crippen LogP contribution >= 0.6 is 15.9 Å². The minimum atomic E-state index is 0.696. The molecule has 0 unspecified atom stereocenters. The van der Waals surface area contributed by atoms with Crippen molar-refractivity contribution in [3.63, 3.8) is 0 Å². The number of imidazole rings is 1. The largest absolute Gasteiger partial charge is 0.491 e. The highest BCUT2D eigenvalue weighted by atomic mass is 79.9. The molecule has 1 aliphatic heterocycles. The zero-order valence-electron chi connectivity index (χ0n) is 10.5. The number of benzene rings is 1. The number of fused-ring (bicyclic) bond motifs is 3. The van der Waals surface area contributed by atoms with Crippen LogP contribution < -0.4 is 4.74 Å². The number of hydrogen-bond acceptors (Lipinski definition) is 2. The van der Waals surface area contributed by atoms with E-state index in [1.807, 2.05) is 12.1 Å². The van der Waals surface area contributed by atoms with Gasteiger partial charge in [0.25, 0.3) is 0 Å². The van der Waals surface area contributed by atoms with E-state index < -0.39 is 0 Å². The molecule has 0 aliphatic carbocycles. The van der Waals surface area contributed by atoms with Gasteiger partial charge in [-0.15, -0.1) is 0 Å². The van der Waals surface area contributed by atoms with E-state index in [0.717, 1.165) is 34.6 Å². The smallest absolute Gasteiger partial charge is 0.144 e. The van der Waals surface area contributed by atoms with Gasteiger partial charge in [0.1, 0.15) is 18.2 Å². The number of ether oxygens (including phenoxy) is 1. The summed E-state index contributed by atoms with van der Waals surface area (Å²) in [6, 6.07) is 6.09. The summed E-state index contributed by atoms with van der Waals surface area (Å²) in [4.78, 5) is 4.77. The molecule has 1 aromatic carbocycles. The van der Waals surface area contributed by atoms with Crippen molar-refractivity contribution in [3.8, 4) is 17.1 Å². The molecule has 2 heterocycles. The Morgan fingerprint density at radius 2 is 2.28 bits per heavy atom. The predicted molar refractivity (Wildman–Crippen MR) is 75.0 cm³/mol. The van der Waals surface area contributed by atoms with Crippen LogP contribution in [0.4, 0.5) is 0 Å². The Morgan fingerprint density at radius 1 is 1.44 bits per heavy atom. The molecule has 0 saturated heterocycles. The number of aryl methyl sites for hydroxylation is 1. The molecular formula is C14H15BrN2O. The average molecular weight is 307 g/mol. The molecule has 0 bridgehead atoms. The average Bonchev–Trinajstić information content (AvgIpc) is 2.57. The van der Waals surface area contributed by atoms with E-state index in [2.05, 4.69) is 40.4 Å². The summed E-state index contributed by atoms with van der Waals surface area (Å²) < 4.78 is 9.10. The Morgan fingerprint density at radius 3 is 3.06 bits per heavy atom. The fourth-order valence-corrected chi connectivity index (χ4v) is 2.81. The molecule has 2 aromatic rings. The van der Waals surface area contributed by atoms with Crippen LogP contribution in [0.2, 0.25) is 0 Å². The van der Waals surface area contributed by atoms with Gasteiger partial charge in [-0.05, 0) is 31.5 Å². The fourth-order valence-electron chi connectivity index (χ4n) is 2.45. The monoisotopic (exact) mass is 306 g/mol. The second kappa shape index (κ2) is 4.43. The van der Waals surface area contributed by atoms with Crippen molar-refractivity contribution in [2.24, 2.45) is 0 Å². The van der Waals surface area contributed by atoms with Gasteiger partial charge < -0.3 is 9.30 Å². The van der Waals surface area contributed by atoms with Crippen molar-refractivity contribution in [1.29, 1.82) is 0 Å². The van der Waals surface area contributed by atoms with Gasteiger partial charge in [0.2, 0.25) is 0 Å². The summed E-state index contributed by atoms with van der Waals surface area (Å²) in [6.45, 7) is 5.84. The van der Waals surface area contributed by atoms with E-state index in [0.29, 0.717) is 6.61 Å². The van der Waals surface area contributed by atoms with E-state index in [9.17, 15) is 0 Å². The first-order valence-electron chi connectivity index (χ1n) is 6.19. The highest BCUT2D eigenvalue weighted by Gasteiger charge is 2.20. The van der Waals surface area contributed by atoms with Gasteiger partial charge in [-0.3, -0.25) is 0 Å². The molecule has 0 spiro atoms. The molecule has 94 valence electrons. The predicted octanol–water partition coefficient (Wildman–Crippen LogP) is 3.58. The first-order valence-corrected chi connectivity index (χ1v) is 6.98. The van der Waals surface area contributed by atoms with Crippen LogP contribution in [0.3, 0.4) is 0 Å². The number of aromatic nitrogens is 2. The van der Waals surface area contributed by atoms with Gasteiger partial charge in [-0.2, -0.15) is 0 Å². The zero-order valence-corrected chi connectivity index (χ0v) is 12.1. The van der Waals surface area contributed by atoms with Crippen molar-refractivity contribution in [1.82, 2.24) is 9.55 Å². The van der Waals surface area contributed by atoms with E-state index in [-0.39, 0.29) is 0 Å². The van der Waals surface area contributed by atoms with E-state index in [1.165, 1.54) is 11.4 Å². The lowest BCUT2D eigenvalue weighted by Crippen LogP contribution is -2.07. The Labute approximate surface area is 115 Å². The molecule has 1 aromatic heterocycles. The van der Waals surface area contributed by atoms with Crippen LogP contribution in [-0.4, -0.2) is 16.2 Å². The van der Waals surface area contributed by atoms with Gasteiger partial charge in [0.15, 0.2) is 0 Å². The third-order valence-corrected chi connectivity index (χ3v) is 3.90. The van der Waals surface area contributed by atoms with Gasteiger partial charge in [0, 0.05) is 10.2 Å². The quantitative estimate of drug-likeness (QED) is 0.805. The lowest BCUT2D eigenvalue weighted by molar-refractivity contribution is 0.305. The maximum absolute atomic E-state index is 5.79. The van der Waals surface area contributed by atoms with E-state index >= 15 is 0 Å². The molecular weight excluding hydrogens is 292 g/mol. The summed E-state index contributed by atoms with van der Waals surface area (Å²) >= 11 is 3.52. The molecule has 18 heavy (non-hydrogen) atoms. The molecule has 1 aliphatic rings. The zero-order chi connectivity index (χ0) is 12.7. The summed E-state index contributed by atoms with van der Waals surface area (Å²) in [6.07, 6.45) is 0.968. The normalized spacial score (nSPS) is 13.5. The number of nitrogens with zero attached hydrogens (tertiary/aromatic N) is 2. The van der Waals surface area contributed by atoms with Crippen molar-refractivity contribution >= 4 is 15.9 Å². The van der Waals surface area contributed by atoms with Gasteiger partial charge in [-0.25, -0.2) is 4.98 Å². The summed E-state index contributed by atoms with van der Waals surface area (Å²) in [7, 11) is 0. The number of rotatable bonds is 1. The van der Waals surface area contributed by atoms with Crippen LogP contribution in [0.15, 0.2) is 22.7 Å². The standard InChI is InChI=1S/C14H15BrN2O/c1-3-12-9(2)17-6-7-18-13-5-4-10(15)8-11(13)14(17)16-12/h4-5,8H,3,6-7H2,1-2H3. The second-order valence-electron chi connectivity index (χ2n) is 4.46. The van der Waals surface area contributed by atoms with E-state index in [1.54, 1.807) is 0 Å². The Kier molecular flexibility index (Phi) is 2.90. The lowest BCUT2D eigenvalue weighted by Gasteiger charge is -2.06. The van der Waals surface area contributed by atoms with Gasteiger partial charge >= 0.3 is 0 Å². The fraction of sp³-hybridized carbons (Fsp3) is 0.357. The molecule has 4 heteroatoms. The topological polar surface area (TPSA) is 27.1 Å². The first-order chi connectivity index (χ1) is 8.70. The summed E-state index contributed by atoms with van der Waals surface area (Å²) in [5.74, 6) is 1.95. The van der Waals surface area contributed by atoms with Gasteiger partial charge in [-0.1, -0.05) is 22.9 Å². The molecule has 0 fully saturated rings. The van der Waals surface area contributed by atoms with Gasteiger partial charge in [0.05, 0.1) is 17.8 Å². The summed E-state index contributed by atoms with van der Waals surface area (Å²) in [5, 5.41) is 0. The van der Waals surface area contributed by atoms with Crippen LogP contribution in [-0.2, 0) is 13.0 Å². The highest BCUT2D eigenvalue weighted by molar-refractivity contribution is 9.10. The van der Waals surface area contributed by atoms with Crippen molar-refractivity contribution < 1.29 is 4.74 Å². The molecule has 0 amide bonds. The Balaban J connectivity index is 2.26. The van der Waals surface area contributed by atoms with Crippen molar-refractivity contribution in [2.75, 3.05) is 6.61 Å². The highest BCUT2D eigenvalue weighted by Crippen LogP contribution is 2.35. The number of hydrogen-bond donors (Lipinski definition) is 0. The molecule has 0 saturated carbocycles. The minimum Gasteiger partial charge on any atom is -0.491 e. The molecule has 0 N–H and O–H groups in total. The Bertz CT molecular complexity index is 604. The van der Waals surface area contributed by atoms with Crippen LogP contribution in [0, 0.1) is 6.92 Å². The van der Waals surface area contributed by atoms with Crippen LogP contribution in [0.1, 0.15) is 18.3 Å². The van der Waals surface area contributed by atoms with Crippen LogP contribution in [0.5, 0.6) is 5.75 Å². The number of halogens is 1. The second-order valence-corrected chi connectivity index (χ2v) is 5.38. The third kappa shape index (κ3) is 1.75. The van der Waals surface area contributed by atoms with Crippen LogP contribution in [0.25, 0.3) is 11.4 Å². The molecule has 3 nitrogen and oxygen atoms in total. The molecule has 0 radical (unpaired) electrons. The molecule has 0 atom stereocenters. The van der Waals surface area contributed by atoms with Crippen molar-refractivity contribution in [3.05, 3.63) is 34.1 Å². The first kappa shape index (κ1) is 11.8. The maximum atomic E-state index is 5.79. The molecule has 3 rings (SSSR count). The summed E-state index contributed by atoms with van der Waals surface area (Å²) in [5.41, 5.74) is 3.51. The third-order valence-electron chi connectivity index (χ3n) is 3.41. The Hall–Kier alpha value is -1.29. The SMILES string of the molecule is CCc1nc2n(c1C)CCOc1ccc(Br)cc1-2. The minimum absolute atomic E-state index is 0.696. The van der Waals surface area contributed by atoms with E-state index in [4.69, 9.17) is 9.72 Å². The van der Waals surface area contributed by atoms with Crippen molar-refractivity contribution in [2.45, 2.75) is 26.8 Å². The lowest BCUT2D eigenvalue weighted by atomic mass is 10.2. The maximum Gasteiger partial charge on any atom is 0.144 e.